The fraction of sp³-hybridized carbons (Fsp3) is 0.292. The maximum absolute atomic E-state index is 13.5. The largest absolute Gasteiger partial charge is 0.573 e. The number of hydrogen-bond acceptors (Lipinski definition) is 6. The molecule has 0 saturated heterocycles. The molecule has 14 heteroatoms. The molecule has 0 aliphatic carbocycles. The highest BCUT2D eigenvalue weighted by Crippen LogP contribution is 2.30. The number of hydrogen-bond donors (Lipinski definition) is 0. The van der Waals surface area contributed by atoms with Crippen LogP contribution in [0.4, 0.5) is 13.2 Å². The van der Waals surface area contributed by atoms with Gasteiger partial charge in [0.25, 0.3) is 5.56 Å². The molecule has 10 nitrogen and oxygen atoms in total. The second-order valence-corrected chi connectivity index (χ2v) is 8.50. The topological polar surface area (TPSA) is 112 Å². The summed E-state index contributed by atoms with van der Waals surface area (Å²) in [6.07, 6.45) is -4.90. The predicted molar refractivity (Wildman–Crippen MR) is 132 cm³/mol. The van der Waals surface area contributed by atoms with Gasteiger partial charge in [-0.3, -0.25) is 18.5 Å². The summed E-state index contributed by atoms with van der Waals surface area (Å²) in [6, 6.07) is 11.5. The fourth-order valence-electron chi connectivity index (χ4n) is 3.76. The van der Waals surface area contributed by atoms with Crippen molar-refractivity contribution in [2.24, 2.45) is 7.05 Å². The van der Waals surface area contributed by atoms with E-state index in [1.807, 2.05) is 0 Å². The molecule has 2 aromatic heterocycles. The van der Waals surface area contributed by atoms with E-state index in [4.69, 9.17) is 26.2 Å². The molecule has 2 heterocycles. The van der Waals surface area contributed by atoms with E-state index in [0.717, 1.165) is 16.7 Å². The Balaban J connectivity index is 1.83. The van der Waals surface area contributed by atoms with Crippen molar-refractivity contribution in [3.05, 3.63) is 80.0 Å². The molecular formula is C24H23ClF3N4O6+. The van der Waals surface area contributed by atoms with E-state index in [2.05, 4.69) is 9.72 Å². The first-order valence-corrected chi connectivity index (χ1v) is 11.7. The van der Waals surface area contributed by atoms with E-state index in [9.17, 15) is 22.8 Å². The molecule has 0 atom stereocenters. The van der Waals surface area contributed by atoms with Gasteiger partial charge in [0.15, 0.2) is 17.8 Å². The summed E-state index contributed by atoms with van der Waals surface area (Å²) < 4.78 is 56.7. The molecule has 0 aliphatic heterocycles. The van der Waals surface area contributed by atoms with Crippen LogP contribution in [0.5, 0.6) is 17.5 Å². The van der Waals surface area contributed by atoms with Gasteiger partial charge in [-0.15, -0.1) is 13.2 Å². The van der Waals surface area contributed by atoms with Crippen molar-refractivity contribution in [2.75, 3.05) is 19.8 Å². The van der Waals surface area contributed by atoms with Crippen molar-refractivity contribution < 1.29 is 32.5 Å². The molecule has 2 aromatic carbocycles. The van der Waals surface area contributed by atoms with E-state index >= 15 is 0 Å². The highest BCUT2D eigenvalue weighted by Gasteiger charge is 2.31. The molecule has 0 unspecified atom stereocenters. The van der Waals surface area contributed by atoms with Crippen LogP contribution in [-0.4, -0.2) is 50.0 Å². The average molecular weight is 556 g/mol. The number of ether oxygens (including phenoxy) is 3. The highest BCUT2D eigenvalue weighted by molar-refractivity contribution is 6.30. The number of aryl methyl sites for hydroxylation is 1. The number of aromatic nitrogens is 4. The summed E-state index contributed by atoms with van der Waals surface area (Å²) >= 11 is 6.13. The third kappa shape index (κ3) is 6.18. The first-order chi connectivity index (χ1) is 18.1. The quantitative estimate of drug-likeness (QED) is 0.220. The number of alkyl halides is 3. The molecule has 38 heavy (non-hydrogen) atoms. The van der Waals surface area contributed by atoms with Crippen molar-refractivity contribution in [1.82, 2.24) is 18.7 Å². The van der Waals surface area contributed by atoms with E-state index in [-0.39, 0.29) is 55.8 Å². The Morgan fingerprint density at radius 1 is 1.03 bits per heavy atom. The summed E-state index contributed by atoms with van der Waals surface area (Å²) in [5, 5.41) is 7.60. The first-order valence-electron chi connectivity index (χ1n) is 11.3. The van der Waals surface area contributed by atoms with Crippen molar-refractivity contribution in [2.45, 2.75) is 19.5 Å². The zero-order valence-corrected chi connectivity index (χ0v) is 20.8. The third-order valence-corrected chi connectivity index (χ3v) is 5.62. The number of halogens is 4. The monoisotopic (exact) mass is 555 g/mol. The number of rotatable bonds is 10. The molecule has 0 saturated carbocycles. The van der Waals surface area contributed by atoms with Crippen LogP contribution in [-0.2, 0) is 24.9 Å². The minimum atomic E-state index is -4.90. The maximum Gasteiger partial charge on any atom is 0.573 e. The van der Waals surface area contributed by atoms with E-state index in [0.29, 0.717) is 10.6 Å². The summed E-state index contributed by atoms with van der Waals surface area (Å²) in [4.78, 5) is 30.8. The SMILES string of the molecule is Cn1c(=O)n(CCOCC[OH2+])c(=O)c2c1nc(Oc1cccc(OC(F)(F)F)c1)n2Cc1cccc(Cl)c1. The van der Waals surface area contributed by atoms with Gasteiger partial charge in [-0.2, -0.15) is 4.98 Å². The van der Waals surface area contributed by atoms with E-state index in [1.54, 1.807) is 24.3 Å². The van der Waals surface area contributed by atoms with Gasteiger partial charge in [0.05, 0.1) is 19.7 Å². The lowest BCUT2D eigenvalue weighted by Gasteiger charge is -2.13. The van der Waals surface area contributed by atoms with Gasteiger partial charge in [-0.1, -0.05) is 29.8 Å². The Labute approximate surface area is 218 Å². The van der Waals surface area contributed by atoms with Gasteiger partial charge in [-0.05, 0) is 29.8 Å². The summed E-state index contributed by atoms with van der Waals surface area (Å²) in [7, 11) is 1.43. The predicted octanol–water partition coefficient (Wildman–Crippen LogP) is 3.03. The Hall–Kier alpha value is -3.81. The van der Waals surface area contributed by atoms with Crippen LogP contribution in [0.15, 0.2) is 58.1 Å². The van der Waals surface area contributed by atoms with Crippen molar-refractivity contribution in [3.63, 3.8) is 0 Å². The van der Waals surface area contributed by atoms with Crippen LogP contribution in [0, 0.1) is 0 Å². The lowest BCUT2D eigenvalue weighted by Crippen LogP contribution is -2.40. The van der Waals surface area contributed by atoms with Crippen LogP contribution in [0.1, 0.15) is 5.56 Å². The van der Waals surface area contributed by atoms with Crippen LogP contribution in [0.3, 0.4) is 0 Å². The Kier molecular flexibility index (Phi) is 8.09. The van der Waals surface area contributed by atoms with Gasteiger partial charge < -0.3 is 19.3 Å². The molecule has 0 spiro atoms. The normalized spacial score (nSPS) is 11.7. The van der Waals surface area contributed by atoms with Crippen LogP contribution < -0.4 is 20.7 Å². The lowest BCUT2D eigenvalue weighted by atomic mass is 10.2. The average Bonchev–Trinajstić information content (AvgIpc) is 3.19. The van der Waals surface area contributed by atoms with Gasteiger partial charge in [0.2, 0.25) is 0 Å². The second-order valence-electron chi connectivity index (χ2n) is 8.07. The molecule has 0 aliphatic rings. The molecule has 0 bridgehead atoms. The van der Waals surface area contributed by atoms with Gasteiger partial charge in [0.1, 0.15) is 18.1 Å². The summed E-state index contributed by atoms with van der Waals surface area (Å²) in [5.41, 5.74) is -0.574. The molecule has 4 rings (SSSR count). The van der Waals surface area contributed by atoms with Crippen LogP contribution >= 0.6 is 11.6 Å². The third-order valence-electron chi connectivity index (χ3n) is 5.38. The fourth-order valence-corrected chi connectivity index (χ4v) is 3.97. The van der Waals surface area contributed by atoms with E-state index in [1.165, 1.54) is 28.3 Å². The van der Waals surface area contributed by atoms with Crippen molar-refractivity contribution in [3.8, 4) is 17.5 Å². The zero-order chi connectivity index (χ0) is 27.4. The van der Waals surface area contributed by atoms with Crippen LogP contribution in [0.25, 0.3) is 11.2 Å². The highest BCUT2D eigenvalue weighted by atomic mass is 35.5. The number of nitrogens with zero attached hydrogens (tertiary/aromatic N) is 4. The maximum atomic E-state index is 13.5. The Morgan fingerprint density at radius 2 is 1.76 bits per heavy atom. The minimum Gasteiger partial charge on any atom is -0.444 e. The molecule has 2 N–H and O–H groups in total. The van der Waals surface area contributed by atoms with Crippen molar-refractivity contribution >= 4 is 22.8 Å². The molecule has 0 amide bonds. The van der Waals surface area contributed by atoms with E-state index < -0.39 is 23.4 Å². The molecule has 0 radical (unpaired) electrons. The van der Waals surface area contributed by atoms with Gasteiger partial charge in [0, 0.05) is 18.1 Å². The molecule has 4 aromatic rings. The number of fused-ring (bicyclic) bond motifs is 1. The lowest BCUT2D eigenvalue weighted by molar-refractivity contribution is -0.274. The molecule has 0 fully saturated rings. The Morgan fingerprint density at radius 3 is 2.47 bits per heavy atom. The van der Waals surface area contributed by atoms with Gasteiger partial charge in [-0.25, -0.2) is 4.79 Å². The van der Waals surface area contributed by atoms with Crippen molar-refractivity contribution in [1.29, 1.82) is 0 Å². The Bertz CT molecular complexity index is 1560. The number of imidazole rings is 1. The second kappa shape index (κ2) is 11.3. The summed E-state index contributed by atoms with van der Waals surface area (Å²) in [5.74, 6) is -0.543. The smallest absolute Gasteiger partial charge is 0.444 e. The summed E-state index contributed by atoms with van der Waals surface area (Å²) in [6.45, 7) is 0.218. The molecular weight excluding hydrogens is 533 g/mol. The van der Waals surface area contributed by atoms with Gasteiger partial charge >= 0.3 is 18.1 Å². The zero-order valence-electron chi connectivity index (χ0n) is 20.0. The number of benzene rings is 2. The standard InChI is InChI=1S/C24H22ClF3N4O6/c1-30-20-19(21(34)31(23(30)35)8-10-36-11-9-33)32(14-15-4-2-5-16(25)12-15)22(29-20)37-17-6-3-7-18(13-17)38-24(26,27)28/h2-7,12-13,33H,8-11,14H2,1H3/p+1. The molecule has 202 valence electrons. The van der Waals surface area contributed by atoms with Crippen LogP contribution in [0.2, 0.25) is 5.02 Å². The minimum absolute atomic E-state index is 0.0167. The first kappa shape index (κ1) is 27.2.